The van der Waals surface area contributed by atoms with Crippen molar-refractivity contribution >= 4 is 70.8 Å². The van der Waals surface area contributed by atoms with Gasteiger partial charge in [-0.1, -0.05) is 127 Å². The van der Waals surface area contributed by atoms with Gasteiger partial charge in [-0.2, -0.15) is 0 Å². The molecule has 236 valence electrons. The summed E-state index contributed by atoms with van der Waals surface area (Å²) >= 11 is 0. The van der Waals surface area contributed by atoms with Gasteiger partial charge in [0.05, 0.1) is 33.5 Å². The summed E-state index contributed by atoms with van der Waals surface area (Å²) in [6, 6.07) is 58.1. The topological polar surface area (TPSA) is 43.1 Å². The van der Waals surface area contributed by atoms with Crippen LogP contribution in [0, 0.1) is 0 Å². The van der Waals surface area contributed by atoms with E-state index < -0.39 is 0 Å². The van der Waals surface area contributed by atoms with E-state index in [4.69, 9.17) is 15.0 Å². The highest BCUT2D eigenvalue weighted by Gasteiger charge is 2.19. The number of rotatable bonds is 3. The maximum atomic E-state index is 5.46. The minimum Gasteiger partial charge on any atom is -0.299 e. The molecule has 11 aromatic rings. The molecule has 3 aromatic heterocycles. The van der Waals surface area contributed by atoms with Crippen molar-refractivity contribution in [3.63, 3.8) is 0 Å². The monoisotopic (exact) mass is 648 g/mol. The summed E-state index contributed by atoms with van der Waals surface area (Å²) in [6.07, 6.45) is 2.11. The molecule has 0 fully saturated rings. The maximum Gasteiger partial charge on any atom is 0.137 e. The Morgan fingerprint density at radius 3 is 1.94 bits per heavy atom. The van der Waals surface area contributed by atoms with Crippen LogP contribution in [0.5, 0.6) is 0 Å². The number of pyridine rings is 1. The van der Waals surface area contributed by atoms with Gasteiger partial charge in [0.15, 0.2) is 0 Å². The normalized spacial score (nSPS) is 11.9. The molecule has 3 heterocycles. The predicted octanol–water partition coefficient (Wildman–Crippen LogP) is 12.0. The quantitative estimate of drug-likeness (QED) is 0.179. The molecule has 0 unspecified atom stereocenters. The summed E-state index contributed by atoms with van der Waals surface area (Å²) < 4.78 is 2.21. The number of imidazole rings is 1. The Hall–Kier alpha value is -6.91. The Bertz CT molecular complexity index is 3200. The summed E-state index contributed by atoms with van der Waals surface area (Å²) in [5.41, 5.74) is 11.0. The molecular weight excluding hydrogens is 621 g/mol. The average Bonchev–Trinajstić information content (AvgIpc) is 3.60. The lowest BCUT2D eigenvalue weighted by molar-refractivity contribution is 1.23. The van der Waals surface area contributed by atoms with E-state index in [2.05, 4.69) is 168 Å². The second-order valence-corrected chi connectivity index (χ2v) is 13.3. The fourth-order valence-corrected chi connectivity index (χ4v) is 7.87. The van der Waals surface area contributed by atoms with E-state index in [1.807, 2.05) is 6.07 Å². The average molecular weight is 649 g/mol. The van der Waals surface area contributed by atoms with Crippen LogP contribution in [0.25, 0.3) is 104 Å². The third-order valence-corrected chi connectivity index (χ3v) is 10.3. The van der Waals surface area contributed by atoms with Gasteiger partial charge in [-0.3, -0.25) is 4.40 Å². The minimum atomic E-state index is 0.862. The number of hydrogen-bond donors (Lipinski definition) is 0. The predicted molar refractivity (Wildman–Crippen MR) is 212 cm³/mol. The number of hydrogen-bond acceptors (Lipinski definition) is 3. The van der Waals surface area contributed by atoms with Crippen molar-refractivity contribution in [3.8, 4) is 33.6 Å². The molecule has 0 spiro atoms. The van der Waals surface area contributed by atoms with E-state index in [1.165, 1.54) is 21.9 Å². The number of aromatic nitrogens is 4. The molecule has 51 heavy (non-hydrogen) atoms. The van der Waals surface area contributed by atoms with Crippen molar-refractivity contribution in [1.82, 2.24) is 19.4 Å². The summed E-state index contributed by atoms with van der Waals surface area (Å²) in [6.45, 7) is 0. The first-order valence-corrected chi connectivity index (χ1v) is 17.3. The lowest BCUT2D eigenvalue weighted by Crippen LogP contribution is -1.97. The molecule has 0 amide bonds. The number of benzene rings is 8. The lowest BCUT2D eigenvalue weighted by atomic mass is 9.93. The first-order valence-electron chi connectivity index (χ1n) is 17.3. The Balaban J connectivity index is 1.24. The van der Waals surface area contributed by atoms with E-state index in [1.54, 1.807) is 0 Å². The Morgan fingerprint density at radius 1 is 0.353 bits per heavy atom. The van der Waals surface area contributed by atoms with Gasteiger partial charge < -0.3 is 0 Å². The van der Waals surface area contributed by atoms with Crippen molar-refractivity contribution in [2.24, 2.45) is 0 Å². The second-order valence-electron chi connectivity index (χ2n) is 13.3. The van der Waals surface area contributed by atoms with Crippen LogP contribution in [0.15, 0.2) is 170 Å². The van der Waals surface area contributed by atoms with Crippen LogP contribution in [0.1, 0.15) is 0 Å². The highest BCUT2D eigenvalue weighted by atomic mass is 15.0. The smallest absolute Gasteiger partial charge is 0.137 e. The van der Waals surface area contributed by atoms with Gasteiger partial charge in [0.25, 0.3) is 0 Å². The molecule has 4 nitrogen and oxygen atoms in total. The molecule has 0 aliphatic rings. The fourth-order valence-electron chi connectivity index (χ4n) is 7.87. The van der Waals surface area contributed by atoms with Crippen molar-refractivity contribution in [2.45, 2.75) is 0 Å². The fraction of sp³-hybridized carbons (Fsp3) is 0. The van der Waals surface area contributed by atoms with Gasteiger partial charge in [0.1, 0.15) is 5.65 Å². The molecule has 11 rings (SSSR count). The second kappa shape index (κ2) is 10.8. The molecule has 0 radical (unpaired) electrons. The lowest BCUT2D eigenvalue weighted by Gasteiger charge is -2.15. The Kier molecular flexibility index (Phi) is 5.92. The van der Waals surface area contributed by atoms with E-state index in [-0.39, 0.29) is 0 Å². The molecule has 0 saturated heterocycles. The van der Waals surface area contributed by atoms with E-state index in [9.17, 15) is 0 Å². The number of nitrogens with zero attached hydrogens (tertiary/aromatic N) is 4. The largest absolute Gasteiger partial charge is 0.299 e. The molecule has 4 heteroatoms. The molecule has 0 saturated carbocycles. The highest BCUT2D eigenvalue weighted by molar-refractivity contribution is 6.25. The van der Waals surface area contributed by atoms with Crippen molar-refractivity contribution in [2.75, 3.05) is 0 Å². The molecule has 0 aliphatic carbocycles. The first kappa shape index (κ1) is 28.0. The molecule has 0 bridgehead atoms. The van der Waals surface area contributed by atoms with Crippen molar-refractivity contribution in [1.29, 1.82) is 0 Å². The van der Waals surface area contributed by atoms with Crippen molar-refractivity contribution in [3.05, 3.63) is 170 Å². The molecule has 0 N–H and O–H groups in total. The molecular formula is C47H28N4. The zero-order valence-corrected chi connectivity index (χ0v) is 27.5. The SMILES string of the molecule is c1ccc(-c2ccc3c(c2)c2cc(-c4nc5ccc6ccccc6c5nc4-c4ccc5ccccc5c4)ccc2c2c3nc3ccccn32)cc1. The summed E-state index contributed by atoms with van der Waals surface area (Å²) in [4.78, 5) is 16.0. The van der Waals surface area contributed by atoms with Crippen LogP contribution in [-0.2, 0) is 0 Å². The van der Waals surface area contributed by atoms with E-state index in [0.29, 0.717) is 0 Å². The third kappa shape index (κ3) is 4.30. The minimum absolute atomic E-state index is 0.862. The third-order valence-electron chi connectivity index (χ3n) is 10.3. The Labute approximate surface area is 292 Å². The maximum absolute atomic E-state index is 5.46. The summed E-state index contributed by atoms with van der Waals surface area (Å²) in [5.74, 6) is 0. The van der Waals surface area contributed by atoms with Crippen LogP contribution in [0.2, 0.25) is 0 Å². The first-order chi connectivity index (χ1) is 25.3. The van der Waals surface area contributed by atoms with Gasteiger partial charge in [0.2, 0.25) is 0 Å². The molecule has 8 aromatic carbocycles. The number of fused-ring (bicyclic) bond motifs is 12. The summed E-state index contributed by atoms with van der Waals surface area (Å²) in [5, 5.41) is 9.23. The van der Waals surface area contributed by atoms with Gasteiger partial charge >= 0.3 is 0 Å². The van der Waals surface area contributed by atoms with Gasteiger partial charge in [-0.15, -0.1) is 0 Å². The molecule has 0 atom stereocenters. The zero-order chi connectivity index (χ0) is 33.5. The van der Waals surface area contributed by atoms with Gasteiger partial charge in [-0.25, -0.2) is 15.0 Å². The van der Waals surface area contributed by atoms with Crippen LogP contribution in [0.4, 0.5) is 0 Å². The van der Waals surface area contributed by atoms with E-state index in [0.717, 1.165) is 82.5 Å². The Morgan fingerprint density at radius 2 is 1.02 bits per heavy atom. The van der Waals surface area contributed by atoms with Crippen LogP contribution in [-0.4, -0.2) is 19.4 Å². The van der Waals surface area contributed by atoms with Crippen molar-refractivity contribution < 1.29 is 0 Å². The van der Waals surface area contributed by atoms with Gasteiger partial charge in [0, 0.05) is 33.5 Å². The van der Waals surface area contributed by atoms with Crippen LogP contribution < -0.4 is 0 Å². The molecule has 0 aliphatic heterocycles. The van der Waals surface area contributed by atoms with Gasteiger partial charge in [-0.05, 0) is 74.5 Å². The van der Waals surface area contributed by atoms with Crippen LogP contribution >= 0.6 is 0 Å². The van der Waals surface area contributed by atoms with Crippen LogP contribution in [0.3, 0.4) is 0 Å². The highest BCUT2D eigenvalue weighted by Crippen LogP contribution is 2.41. The summed E-state index contributed by atoms with van der Waals surface area (Å²) in [7, 11) is 0. The van der Waals surface area contributed by atoms with E-state index >= 15 is 0 Å². The standard InChI is InChI=1S/C47H28N4/c1-2-10-29(11-3-1)33-19-22-37-39(27-33)40-28-35(20-23-38(40)47-46(37)49-42-16-8-9-25-51(42)47)43-44(34-18-17-30-12-4-5-14-32(30)26-34)50-45-36-15-7-6-13-31(36)21-24-41(45)48-43/h1-28H. The zero-order valence-electron chi connectivity index (χ0n) is 27.5.